The summed E-state index contributed by atoms with van der Waals surface area (Å²) >= 11 is 12.5. The molecule has 0 spiro atoms. The van der Waals surface area contributed by atoms with Crippen molar-refractivity contribution in [2.24, 2.45) is 0 Å². The molecule has 2 heterocycles. The molecule has 212 valence electrons. The smallest absolute Gasteiger partial charge is 0.308 e. The van der Waals surface area contributed by atoms with Gasteiger partial charge in [0.25, 0.3) is 5.91 Å². The third-order valence-electron chi connectivity index (χ3n) is 7.51. The summed E-state index contributed by atoms with van der Waals surface area (Å²) in [5.74, 6) is -1.30. The Hall–Kier alpha value is -2.17. The maximum absolute atomic E-state index is 14.1. The Morgan fingerprint density at radius 2 is 1.85 bits per heavy atom. The number of carbonyl (C=O) groups is 2. The van der Waals surface area contributed by atoms with E-state index in [2.05, 4.69) is 0 Å². The largest absolute Gasteiger partial charge is 0.469 e. The minimum absolute atomic E-state index is 0.0914. The number of amides is 1. The third kappa shape index (κ3) is 6.60. The van der Waals surface area contributed by atoms with Crippen molar-refractivity contribution >= 4 is 45.1 Å². The minimum Gasteiger partial charge on any atom is -0.469 e. The first-order valence-corrected chi connectivity index (χ1v) is 15.5. The van der Waals surface area contributed by atoms with Crippen LogP contribution in [0, 0.1) is 0 Å². The van der Waals surface area contributed by atoms with E-state index in [1.807, 2.05) is 19.9 Å². The summed E-state index contributed by atoms with van der Waals surface area (Å²) in [5.41, 5.74) is 1.42. The van der Waals surface area contributed by atoms with Crippen LogP contribution in [-0.2, 0) is 29.1 Å². The van der Waals surface area contributed by atoms with Gasteiger partial charge in [0.05, 0.1) is 25.3 Å². The number of halogens is 2. The fraction of sp³-hybridized carbons (Fsp3) is 0.500. The van der Waals surface area contributed by atoms with Gasteiger partial charge in [-0.1, -0.05) is 54.4 Å². The Morgan fingerprint density at radius 3 is 2.44 bits per heavy atom. The van der Waals surface area contributed by atoms with Crippen molar-refractivity contribution in [2.75, 3.05) is 19.4 Å². The van der Waals surface area contributed by atoms with Crippen LogP contribution in [0.4, 0.5) is 0 Å². The zero-order valence-corrected chi connectivity index (χ0v) is 24.6. The normalized spacial score (nSPS) is 25.1. The fourth-order valence-corrected chi connectivity index (χ4v) is 7.99. The Labute approximate surface area is 240 Å². The zero-order valence-electron chi connectivity index (χ0n) is 22.3. The monoisotopic (exact) mass is 596 g/mol. The molecule has 11 heteroatoms. The number of carbonyl (C=O) groups excluding carboxylic acids is 2. The summed E-state index contributed by atoms with van der Waals surface area (Å²) in [6.45, 7) is 4.23. The number of sulfonamides is 1. The summed E-state index contributed by atoms with van der Waals surface area (Å²) in [6.07, 6.45) is -0.212. The predicted octanol–water partition coefficient (Wildman–Crippen LogP) is 5.16. The molecule has 2 saturated heterocycles. The molecule has 2 aliphatic heterocycles. The van der Waals surface area contributed by atoms with E-state index in [1.54, 1.807) is 47.4 Å². The van der Waals surface area contributed by atoms with E-state index in [0.29, 0.717) is 28.6 Å². The number of nitrogens with zero attached hydrogens (tertiary/aromatic N) is 2. The second kappa shape index (κ2) is 12.6. The van der Waals surface area contributed by atoms with Gasteiger partial charge in [-0.05, 0) is 61.6 Å². The number of esters is 1. The maximum atomic E-state index is 14.1. The number of morpholine rings is 1. The van der Waals surface area contributed by atoms with E-state index in [4.69, 9.17) is 32.7 Å². The molecule has 0 N–H and O–H groups in total. The average Bonchev–Trinajstić information content (AvgIpc) is 3.35. The van der Waals surface area contributed by atoms with E-state index in [0.717, 1.165) is 18.4 Å². The predicted molar refractivity (Wildman–Crippen MR) is 150 cm³/mol. The molecule has 5 atom stereocenters. The summed E-state index contributed by atoms with van der Waals surface area (Å²) in [7, 11) is -2.43. The molecule has 1 unspecified atom stereocenters. The van der Waals surface area contributed by atoms with Crippen LogP contribution in [0.15, 0.2) is 48.5 Å². The molecule has 2 aliphatic rings. The van der Waals surface area contributed by atoms with Gasteiger partial charge in [0.1, 0.15) is 12.2 Å². The Bertz CT molecular complexity index is 1290. The first-order valence-electron chi connectivity index (χ1n) is 13.1. The third-order valence-corrected chi connectivity index (χ3v) is 10.1. The number of ether oxygens (including phenoxy) is 2. The van der Waals surface area contributed by atoms with Crippen LogP contribution in [-0.4, -0.2) is 67.1 Å². The molecule has 4 rings (SSSR count). The van der Waals surface area contributed by atoms with Crippen LogP contribution in [0.5, 0.6) is 0 Å². The SMILES string of the molecule is CCC(CS(=O)(=O)N1CCC[C@@H]1C)N1C(=O)[C@@H](CC(=O)OC)O[C@H](c2cccc(Cl)c2)[C@H]1c1ccc(Cl)cc1. The fourth-order valence-electron chi connectivity index (χ4n) is 5.53. The molecule has 2 aromatic carbocycles. The van der Waals surface area contributed by atoms with E-state index in [-0.39, 0.29) is 18.2 Å². The Balaban J connectivity index is 1.83. The lowest BCUT2D eigenvalue weighted by molar-refractivity contribution is -0.183. The van der Waals surface area contributed by atoms with Crippen LogP contribution in [0.2, 0.25) is 10.0 Å². The number of hydrogen-bond acceptors (Lipinski definition) is 6. The van der Waals surface area contributed by atoms with Crippen molar-refractivity contribution < 1.29 is 27.5 Å². The minimum atomic E-state index is -3.67. The van der Waals surface area contributed by atoms with Gasteiger partial charge in [-0.2, -0.15) is 4.31 Å². The lowest BCUT2D eigenvalue weighted by Crippen LogP contribution is -2.57. The van der Waals surface area contributed by atoms with Gasteiger partial charge in [-0.3, -0.25) is 9.59 Å². The highest BCUT2D eigenvalue weighted by Crippen LogP contribution is 2.45. The van der Waals surface area contributed by atoms with Gasteiger partial charge >= 0.3 is 5.97 Å². The lowest BCUT2D eigenvalue weighted by atomic mass is 9.89. The van der Waals surface area contributed by atoms with Crippen molar-refractivity contribution in [2.45, 2.75) is 69.9 Å². The van der Waals surface area contributed by atoms with Gasteiger partial charge in [-0.25, -0.2) is 8.42 Å². The standard InChI is InChI=1S/C28H34Cl2N2O6S/c1-4-23(17-39(35,36)31-14-6-7-18(31)2)32-26(19-10-12-21(29)13-11-19)27(20-8-5-9-22(30)15-20)38-24(28(32)34)16-25(33)37-3/h5,8-13,15,18,23-24,26-27H,4,6-7,14,16-17H2,1-3H3/t18-,23?,24+,26+,27+/m0/s1. The van der Waals surface area contributed by atoms with Crippen molar-refractivity contribution in [3.05, 3.63) is 69.7 Å². The summed E-state index contributed by atoms with van der Waals surface area (Å²) in [4.78, 5) is 28.0. The molecule has 0 aliphatic carbocycles. The highest BCUT2D eigenvalue weighted by molar-refractivity contribution is 7.89. The average molecular weight is 598 g/mol. The lowest BCUT2D eigenvalue weighted by Gasteiger charge is -2.48. The van der Waals surface area contributed by atoms with Crippen molar-refractivity contribution in [1.29, 1.82) is 0 Å². The number of hydrogen-bond donors (Lipinski definition) is 0. The van der Waals surface area contributed by atoms with Gasteiger partial charge < -0.3 is 14.4 Å². The van der Waals surface area contributed by atoms with E-state index in [9.17, 15) is 18.0 Å². The highest BCUT2D eigenvalue weighted by Gasteiger charge is 2.48. The van der Waals surface area contributed by atoms with E-state index in [1.165, 1.54) is 11.4 Å². The van der Waals surface area contributed by atoms with Crippen molar-refractivity contribution in [3.8, 4) is 0 Å². The summed E-state index contributed by atoms with van der Waals surface area (Å²) < 4.78 is 39.9. The molecule has 0 aromatic heterocycles. The molecular formula is C28H34Cl2N2O6S. The molecule has 2 aromatic rings. The van der Waals surface area contributed by atoms with Crippen LogP contribution in [0.1, 0.15) is 62.8 Å². The van der Waals surface area contributed by atoms with Gasteiger partial charge in [0.2, 0.25) is 10.0 Å². The van der Waals surface area contributed by atoms with Crippen LogP contribution >= 0.6 is 23.2 Å². The number of rotatable bonds is 9. The highest BCUT2D eigenvalue weighted by atomic mass is 35.5. The number of methoxy groups -OCH3 is 1. The second-order valence-electron chi connectivity index (χ2n) is 10.1. The Morgan fingerprint density at radius 1 is 1.13 bits per heavy atom. The summed E-state index contributed by atoms with van der Waals surface area (Å²) in [6, 6.07) is 12.7. The van der Waals surface area contributed by atoms with Crippen LogP contribution < -0.4 is 0 Å². The van der Waals surface area contributed by atoms with E-state index >= 15 is 0 Å². The molecule has 2 fully saturated rings. The number of benzene rings is 2. The Kier molecular flexibility index (Phi) is 9.60. The van der Waals surface area contributed by atoms with Crippen molar-refractivity contribution in [3.63, 3.8) is 0 Å². The van der Waals surface area contributed by atoms with Gasteiger partial charge in [0.15, 0.2) is 0 Å². The second-order valence-corrected chi connectivity index (χ2v) is 12.9. The molecular weight excluding hydrogens is 563 g/mol. The molecule has 0 radical (unpaired) electrons. The van der Waals surface area contributed by atoms with Gasteiger partial charge in [-0.15, -0.1) is 0 Å². The first kappa shape index (κ1) is 29.8. The molecule has 1 amide bonds. The quantitative estimate of drug-likeness (QED) is 0.371. The molecule has 0 bridgehead atoms. The first-order chi connectivity index (χ1) is 18.6. The molecule has 8 nitrogen and oxygen atoms in total. The van der Waals surface area contributed by atoms with Crippen molar-refractivity contribution in [1.82, 2.24) is 9.21 Å². The summed E-state index contributed by atoms with van der Waals surface area (Å²) in [5, 5.41) is 1.01. The van der Waals surface area contributed by atoms with Gasteiger partial charge in [0, 0.05) is 28.7 Å². The zero-order chi connectivity index (χ0) is 28.3. The molecule has 39 heavy (non-hydrogen) atoms. The topological polar surface area (TPSA) is 93.2 Å². The van der Waals surface area contributed by atoms with E-state index < -0.39 is 46.2 Å². The molecule has 0 saturated carbocycles. The maximum Gasteiger partial charge on any atom is 0.308 e. The van der Waals surface area contributed by atoms with Crippen LogP contribution in [0.3, 0.4) is 0 Å². The van der Waals surface area contributed by atoms with Crippen LogP contribution in [0.25, 0.3) is 0 Å².